The molecule has 8 rings (SSSR count). The Kier molecular flexibility index (Phi) is 21.4. The topological polar surface area (TPSA) is 131 Å². The summed E-state index contributed by atoms with van der Waals surface area (Å²) in [7, 11) is -2.48. The molecule has 0 unspecified atom stereocenters. The van der Waals surface area contributed by atoms with Gasteiger partial charge in [0.1, 0.15) is 48.8 Å². The normalized spacial score (nSPS) is 26.7. The summed E-state index contributed by atoms with van der Waals surface area (Å²) in [6.07, 6.45) is -2.81. The fraction of sp³-hybridized carbons (Fsp3) is 0.476. The Bertz CT molecular complexity index is 2520. The molecule has 5 aromatic carbocycles. The van der Waals surface area contributed by atoms with Crippen LogP contribution in [-0.4, -0.2) is 108 Å². The molecule has 3 heterocycles. The average molecular weight is 1070 g/mol. The lowest BCUT2D eigenvalue weighted by Gasteiger charge is -2.50. The Morgan fingerprint density at radius 3 is 1.42 bits per heavy atom. The molecule has 0 spiro atoms. The molecule has 0 aliphatic carbocycles. The first-order valence-corrected chi connectivity index (χ1v) is 30.2. The van der Waals surface area contributed by atoms with Crippen LogP contribution in [0.15, 0.2) is 164 Å². The van der Waals surface area contributed by atoms with Crippen LogP contribution in [0, 0.1) is 5.92 Å². The molecule has 3 aliphatic heterocycles. The van der Waals surface area contributed by atoms with Crippen LogP contribution in [0.2, 0.25) is 18.1 Å². The van der Waals surface area contributed by atoms with Crippen LogP contribution in [0.4, 0.5) is 0 Å². The minimum atomic E-state index is -2.48. The second-order valence-corrected chi connectivity index (χ2v) is 26.3. The Morgan fingerprint density at radius 1 is 0.519 bits per heavy atom. The van der Waals surface area contributed by atoms with Crippen molar-refractivity contribution in [3.05, 3.63) is 192 Å². The zero-order valence-corrected chi connectivity index (χ0v) is 47.1. The van der Waals surface area contributed by atoms with Gasteiger partial charge in [-0.05, 0) is 58.8 Å². The van der Waals surface area contributed by atoms with Crippen molar-refractivity contribution in [3.63, 3.8) is 0 Å². The molecule has 414 valence electrons. The summed E-state index contributed by atoms with van der Waals surface area (Å²) in [5, 5.41) is 3.02. The van der Waals surface area contributed by atoms with Crippen LogP contribution in [0.3, 0.4) is 0 Å². The number of amides is 1. The smallest absolute Gasteiger partial charge is 0.217 e. The molecule has 77 heavy (non-hydrogen) atoms. The van der Waals surface area contributed by atoms with Crippen molar-refractivity contribution < 1.29 is 56.6 Å². The van der Waals surface area contributed by atoms with Crippen molar-refractivity contribution in [1.29, 1.82) is 0 Å². The Labute approximate surface area is 457 Å². The Balaban J connectivity index is 1.00. The van der Waals surface area contributed by atoms with Crippen LogP contribution >= 0.6 is 0 Å². The van der Waals surface area contributed by atoms with E-state index in [0.29, 0.717) is 25.7 Å². The van der Waals surface area contributed by atoms with E-state index in [2.05, 4.69) is 70.4 Å². The zero-order chi connectivity index (χ0) is 54.2. The third-order valence-corrected chi connectivity index (χ3v) is 20.0. The summed E-state index contributed by atoms with van der Waals surface area (Å²) in [6.45, 7) is 19.1. The van der Waals surface area contributed by atoms with E-state index >= 15 is 0 Å². The zero-order valence-electron chi connectivity index (χ0n) is 46.1. The second kappa shape index (κ2) is 28.3. The van der Waals surface area contributed by atoms with Crippen molar-refractivity contribution in [1.82, 2.24) is 5.32 Å². The number of hydrogen-bond donors (Lipinski definition) is 1. The molecule has 2 saturated heterocycles. The Morgan fingerprint density at radius 2 is 0.948 bits per heavy atom. The first kappa shape index (κ1) is 58.2. The molecule has 3 aliphatic rings. The predicted octanol–water partition coefficient (Wildman–Crippen LogP) is 10.9. The number of hydrogen-bond acceptors (Lipinski definition) is 12. The minimum Gasteiger partial charge on any atom is -0.390 e. The molecule has 12 atom stereocenters. The fourth-order valence-corrected chi connectivity index (χ4v) is 12.3. The van der Waals surface area contributed by atoms with Crippen LogP contribution in [0.5, 0.6) is 0 Å². The van der Waals surface area contributed by atoms with Gasteiger partial charge >= 0.3 is 0 Å². The maximum atomic E-state index is 13.1. The van der Waals surface area contributed by atoms with Crippen LogP contribution in [0.1, 0.15) is 69.4 Å². The molecule has 1 amide bonds. The molecule has 0 radical (unpaired) electrons. The fourth-order valence-electron chi connectivity index (χ4n) is 9.85. The van der Waals surface area contributed by atoms with Gasteiger partial charge in [-0.3, -0.25) is 4.79 Å². The maximum Gasteiger partial charge on any atom is 0.217 e. The third kappa shape index (κ3) is 16.3. The van der Waals surface area contributed by atoms with E-state index in [1.165, 1.54) is 6.92 Å². The summed E-state index contributed by atoms with van der Waals surface area (Å²) in [5.41, 5.74) is 5.05. The van der Waals surface area contributed by atoms with Gasteiger partial charge in [0, 0.05) is 6.92 Å². The summed E-state index contributed by atoms with van der Waals surface area (Å²) < 4.78 is 74.8. The lowest BCUT2D eigenvalue weighted by molar-refractivity contribution is -0.304. The van der Waals surface area contributed by atoms with Gasteiger partial charge in [0.05, 0.1) is 65.1 Å². The first-order chi connectivity index (χ1) is 37.2. The molecular weight excluding hydrogens is 991 g/mol. The highest BCUT2D eigenvalue weighted by atomic mass is 28.4. The number of carbonyl (C=O) groups is 1. The number of nitrogens with one attached hydrogen (secondary N) is 1. The van der Waals surface area contributed by atoms with Gasteiger partial charge in [-0.15, -0.1) is 0 Å². The molecule has 1 N–H and O–H groups in total. The average Bonchev–Trinajstić information content (AvgIpc) is 3.92. The number of ether oxygens (including phenoxy) is 10. The molecule has 2 fully saturated rings. The van der Waals surface area contributed by atoms with Crippen molar-refractivity contribution in [2.24, 2.45) is 5.92 Å². The molecule has 0 aromatic heterocycles. The molecule has 13 nitrogen and oxygen atoms in total. The predicted molar refractivity (Wildman–Crippen MR) is 298 cm³/mol. The molecule has 5 aromatic rings. The van der Waals surface area contributed by atoms with Crippen molar-refractivity contribution in [3.8, 4) is 0 Å². The van der Waals surface area contributed by atoms with Gasteiger partial charge in [0.25, 0.3) is 0 Å². The first-order valence-electron chi connectivity index (χ1n) is 27.3. The summed E-state index contributed by atoms with van der Waals surface area (Å²) >= 11 is 0. The number of benzene rings is 5. The summed E-state index contributed by atoms with van der Waals surface area (Å²) in [4.78, 5) is 13.1. The second-order valence-electron chi connectivity index (χ2n) is 21.8. The van der Waals surface area contributed by atoms with Gasteiger partial charge in [-0.1, -0.05) is 192 Å². The standard InChI is InChI=1S/C63H81NO12Si/c1-44(2)63(5,6)77(7,8)76-62-60(59(70-40-51-32-22-13-23-33-51)56(45(3)73-62)67-37-48-26-16-10-17-27-48)71-41-52-34-35-53(74-52)42-72-61-55(64-46(4)65)58(69-39-50-30-20-12-21-31-50)57(68-38-49-28-18-11-19-29-49)54(75-61)43-66-36-47-24-14-9-15-25-47/h9-35,44-45,52-62H,36-43H2,1-8H3,(H,64,65)/t45-,52-,53-,54+,55-,56-,57+,58+,59+,60+,61+,62+/m0/s1. The van der Waals surface area contributed by atoms with E-state index < -0.39 is 75.8 Å². The van der Waals surface area contributed by atoms with E-state index in [1.807, 2.05) is 146 Å². The van der Waals surface area contributed by atoms with Gasteiger partial charge in [0.2, 0.25) is 5.91 Å². The van der Waals surface area contributed by atoms with Crippen LogP contribution in [-0.2, 0) is 89.6 Å². The van der Waals surface area contributed by atoms with E-state index in [-0.39, 0.29) is 50.1 Å². The van der Waals surface area contributed by atoms with Crippen LogP contribution in [0.25, 0.3) is 0 Å². The third-order valence-electron chi connectivity index (χ3n) is 15.5. The highest BCUT2D eigenvalue weighted by Crippen LogP contribution is 2.46. The highest BCUT2D eigenvalue weighted by Gasteiger charge is 2.53. The number of rotatable bonds is 27. The van der Waals surface area contributed by atoms with Gasteiger partial charge in [-0.2, -0.15) is 0 Å². The summed E-state index contributed by atoms with van der Waals surface area (Å²) in [5.74, 6) is 0.0950. The quantitative estimate of drug-likeness (QED) is 0.0397. The van der Waals surface area contributed by atoms with Crippen molar-refractivity contribution in [2.75, 3.05) is 19.8 Å². The Hall–Kier alpha value is -4.91. The van der Waals surface area contributed by atoms with Gasteiger partial charge < -0.3 is 57.1 Å². The SMILES string of the molecule is CC(=O)N[C@@H]1[C@H](OC[C@@H]2C=C[C@@H](CO[C@H]3[C@@H](O[Si](C)(C)C(C)(C)C(C)C)O[C@@H](C)[C@H](OCc4ccccc4)[C@H]3OCc3ccccc3)O2)O[C@H](COCc2ccccc2)[C@@H](OCc2ccccc2)[C@@H]1OCc1ccccc1. The van der Waals surface area contributed by atoms with E-state index in [9.17, 15) is 4.79 Å². The summed E-state index contributed by atoms with van der Waals surface area (Å²) in [6, 6.07) is 49.3. The van der Waals surface area contributed by atoms with Gasteiger partial charge in [0.15, 0.2) is 20.9 Å². The molecule has 0 bridgehead atoms. The van der Waals surface area contributed by atoms with Crippen LogP contribution < -0.4 is 5.32 Å². The van der Waals surface area contributed by atoms with Crippen molar-refractivity contribution >= 4 is 14.2 Å². The molecular formula is C63H81NO12Si. The highest BCUT2D eigenvalue weighted by molar-refractivity contribution is 6.74. The largest absolute Gasteiger partial charge is 0.390 e. The lowest BCUT2D eigenvalue weighted by atomic mass is 9.95. The molecule has 0 saturated carbocycles. The minimum absolute atomic E-state index is 0.101. The van der Waals surface area contributed by atoms with E-state index in [4.69, 9.17) is 51.8 Å². The van der Waals surface area contributed by atoms with E-state index in [1.54, 1.807) is 0 Å². The maximum absolute atomic E-state index is 13.1. The van der Waals surface area contributed by atoms with Crippen molar-refractivity contribution in [2.45, 2.75) is 166 Å². The van der Waals surface area contributed by atoms with Gasteiger partial charge in [-0.25, -0.2) is 0 Å². The van der Waals surface area contributed by atoms with E-state index in [0.717, 1.165) is 27.8 Å². The monoisotopic (exact) mass is 1070 g/mol. The lowest BCUT2D eigenvalue weighted by Crippen LogP contribution is -2.66. The number of carbonyl (C=O) groups excluding carboxylic acids is 1. The molecule has 14 heteroatoms.